The highest BCUT2D eigenvalue weighted by atomic mass is 79.9. The van der Waals surface area contributed by atoms with Crippen LogP contribution in [0.1, 0.15) is 24.3 Å². The minimum Gasteiger partial charge on any atom is -0.492 e. The van der Waals surface area contributed by atoms with Gasteiger partial charge in [0.25, 0.3) is 0 Å². The van der Waals surface area contributed by atoms with Crippen molar-refractivity contribution in [2.45, 2.75) is 18.8 Å². The number of nitrogens with zero attached hydrogens (tertiary/aromatic N) is 1. The molecule has 1 aromatic heterocycles. The predicted octanol–water partition coefficient (Wildman–Crippen LogP) is 5.23. The lowest BCUT2D eigenvalue weighted by molar-refractivity contribution is 0.418. The number of halogens is 1. The molecule has 2 aromatic carbocycles. The van der Waals surface area contributed by atoms with Gasteiger partial charge in [-0.25, -0.2) is 0 Å². The van der Waals surface area contributed by atoms with E-state index in [-0.39, 0.29) is 22.9 Å². The summed E-state index contributed by atoms with van der Waals surface area (Å²) in [6.07, 6.45) is 2.11. The second-order valence-corrected chi connectivity index (χ2v) is 6.99. The fourth-order valence-electron chi connectivity index (χ4n) is 3.45. The summed E-state index contributed by atoms with van der Waals surface area (Å²) < 4.78 is 4.25. The van der Waals surface area contributed by atoms with E-state index < -0.39 is 0 Å². The van der Waals surface area contributed by atoms with Gasteiger partial charge in [-0.2, -0.15) is 4.37 Å². The molecule has 2 N–H and O–H groups in total. The molecule has 5 heteroatoms. The predicted molar refractivity (Wildman–Crippen MR) is 110 cm³/mol. The van der Waals surface area contributed by atoms with E-state index in [9.17, 15) is 5.11 Å². The number of aromatic hydroxyl groups is 1. The average molecular weight is 417 g/mol. The maximum absolute atomic E-state index is 10.3. The highest BCUT2D eigenvalue weighted by Crippen LogP contribution is 2.42. The van der Waals surface area contributed by atoms with Crippen molar-refractivity contribution in [3.05, 3.63) is 60.2 Å². The maximum atomic E-state index is 10.3. The number of hydrogen-bond acceptors (Lipinski definition) is 4. The number of rotatable bonds is 3. The Bertz CT molecular complexity index is 829. The molecule has 4 rings (SSSR count). The number of aromatic nitrogens is 1. The van der Waals surface area contributed by atoms with Crippen LogP contribution in [0.4, 0.5) is 0 Å². The molecule has 0 unspecified atom stereocenters. The molecular formula is C20H21BrN2OS. The van der Waals surface area contributed by atoms with Crippen molar-refractivity contribution < 1.29 is 5.11 Å². The van der Waals surface area contributed by atoms with Crippen molar-refractivity contribution >= 4 is 28.5 Å². The van der Waals surface area contributed by atoms with E-state index in [2.05, 4.69) is 58.2 Å². The molecule has 0 spiro atoms. The van der Waals surface area contributed by atoms with Gasteiger partial charge in [0.2, 0.25) is 5.88 Å². The molecule has 1 aliphatic rings. The molecule has 0 radical (unpaired) electrons. The molecule has 0 saturated carbocycles. The van der Waals surface area contributed by atoms with Gasteiger partial charge in [0.1, 0.15) is 0 Å². The van der Waals surface area contributed by atoms with Gasteiger partial charge in [-0.05, 0) is 66.1 Å². The van der Waals surface area contributed by atoms with E-state index >= 15 is 0 Å². The molecule has 3 nitrogen and oxygen atoms in total. The third-order valence-corrected chi connectivity index (χ3v) is 5.59. The number of piperidine rings is 1. The largest absolute Gasteiger partial charge is 0.492 e. The molecule has 0 atom stereocenters. The van der Waals surface area contributed by atoms with Crippen LogP contribution in [0.3, 0.4) is 0 Å². The molecule has 1 aliphatic heterocycles. The smallest absolute Gasteiger partial charge is 0.226 e. The Morgan fingerprint density at radius 1 is 0.920 bits per heavy atom. The fraction of sp³-hybridized carbons (Fsp3) is 0.250. The Morgan fingerprint density at radius 2 is 1.60 bits per heavy atom. The summed E-state index contributed by atoms with van der Waals surface area (Å²) in [6, 6.07) is 18.9. The zero-order valence-electron chi connectivity index (χ0n) is 13.8. The normalized spacial score (nSPS) is 14.9. The first-order valence-electron chi connectivity index (χ1n) is 8.38. The lowest BCUT2D eigenvalue weighted by Gasteiger charge is -2.23. The van der Waals surface area contributed by atoms with Crippen LogP contribution in [0, 0.1) is 0 Å². The van der Waals surface area contributed by atoms with Crippen LogP contribution in [0.15, 0.2) is 54.6 Å². The number of nitrogens with one attached hydrogen (secondary N) is 1. The number of hydrogen-bond donors (Lipinski definition) is 2. The van der Waals surface area contributed by atoms with E-state index in [1.54, 1.807) is 0 Å². The lowest BCUT2D eigenvalue weighted by atomic mass is 9.89. The summed E-state index contributed by atoms with van der Waals surface area (Å²) in [5.41, 5.74) is 4.57. The summed E-state index contributed by atoms with van der Waals surface area (Å²) >= 11 is 1.41. The van der Waals surface area contributed by atoms with Crippen molar-refractivity contribution in [1.82, 2.24) is 9.69 Å². The van der Waals surface area contributed by atoms with Gasteiger partial charge >= 0.3 is 0 Å². The first kappa shape index (κ1) is 18.1. The molecule has 0 bridgehead atoms. The third kappa shape index (κ3) is 3.78. The summed E-state index contributed by atoms with van der Waals surface area (Å²) in [5, 5.41) is 13.7. The molecular weight excluding hydrogens is 396 g/mol. The van der Waals surface area contributed by atoms with Crippen molar-refractivity contribution in [3.63, 3.8) is 0 Å². The van der Waals surface area contributed by atoms with Gasteiger partial charge in [0.05, 0.1) is 4.88 Å². The molecule has 0 aliphatic carbocycles. The molecule has 2 heterocycles. The van der Waals surface area contributed by atoms with Crippen LogP contribution in [-0.4, -0.2) is 22.6 Å². The van der Waals surface area contributed by atoms with Crippen LogP contribution in [-0.2, 0) is 0 Å². The van der Waals surface area contributed by atoms with E-state index in [0.717, 1.165) is 41.9 Å². The monoisotopic (exact) mass is 416 g/mol. The summed E-state index contributed by atoms with van der Waals surface area (Å²) in [4.78, 5) is 1.11. The first-order chi connectivity index (χ1) is 11.8. The molecule has 1 fully saturated rings. The first-order valence-corrected chi connectivity index (χ1v) is 9.15. The zero-order chi connectivity index (χ0) is 16.4. The second kappa shape index (κ2) is 8.13. The Labute approximate surface area is 162 Å². The Morgan fingerprint density at radius 3 is 2.36 bits per heavy atom. The topological polar surface area (TPSA) is 45.2 Å². The lowest BCUT2D eigenvalue weighted by Crippen LogP contribution is -2.26. The maximum Gasteiger partial charge on any atom is 0.226 e. The Hall–Kier alpha value is -1.69. The quantitative estimate of drug-likeness (QED) is 0.614. The van der Waals surface area contributed by atoms with Crippen LogP contribution in [0.25, 0.3) is 21.6 Å². The van der Waals surface area contributed by atoms with Crippen LogP contribution in [0.2, 0.25) is 0 Å². The summed E-state index contributed by atoms with van der Waals surface area (Å²) in [5.74, 6) is 0.604. The average Bonchev–Trinajstić information content (AvgIpc) is 3.05. The van der Waals surface area contributed by atoms with E-state index in [1.807, 2.05) is 6.07 Å². The van der Waals surface area contributed by atoms with Crippen molar-refractivity contribution in [1.29, 1.82) is 0 Å². The van der Waals surface area contributed by atoms with Gasteiger partial charge in [0.15, 0.2) is 0 Å². The number of benzene rings is 2. The molecule has 0 amide bonds. The van der Waals surface area contributed by atoms with Gasteiger partial charge < -0.3 is 10.4 Å². The molecule has 130 valence electrons. The van der Waals surface area contributed by atoms with Crippen LogP contribution >= 0.6 is 28.5 Å². The standard InChI is InChI=1S/C20H20N2OS.BrH/c23-20-18(15-9-11-21-12-10-15)19(24-22-20)17-8-4-7-16(13-17)14-5-2-1-3-6-14;/h1-8,13,15,21H,9-12H2,(H,22,23);1H. The highest BCUT2D eigenvalue weighted by Gasteiger charge is 2.25. The fourth-order valence-corrected chi connectivity index (χ4v) is 4.31. The zero-order valence-corrected chi connectivity index (χ0v) is 16.3. The van der Waals surface area contributed by atoms with Gasteiger partial charge in [-0.3, -0.25) is 0 Å². The van der Waals surface area contributed by atoms with Gasteiger partial charge in [0, 0.05) is 5.56 Å². The molecule has 1 saturated heterocycles. The SMILES string of the molecule is Br.Oc1nsc(-c2cccc(-c3ccccc3)c2)c1C1CCNCC1. The van der Waals surface area contributed by atoms with Crippen molar-refractivity contribution in [3.8, 4) is 27.4 Å². The van der Waals surface area contributed by atoms with Crippen molar-refractivity contribution in [2.75, 3.05) is 13.1 Å². The van der Waals surface area contributed by atoms with Gasteiger partial charge in [-0.15, -0.1) is 17.0 Å². The van der Waals surface area contributed by atoms with Crippen LogP contribution in [0.5, 0.6) is 5.88 Å². The third-order valence-electron chi connectivity index (χ3n) is 4.69. The second-order valence-electron chi connectivity index (χ2n) is 6.22. The minimum absolute atomic E-state index is 0. The van der Waals surface area contributed by atoms with Gasteiger partial charge in [-0.1, -0.05) is 48.5 Å². The van der Waals surface area contributed by atoms with E-state index in [1.165, 1.54) is 22.7 Å². The molecule has 25 heavy (non-hydrogen) atoms. The summed E-state index contributed by atoms with van der Waals surface area (Å²) in [6.45, 7) is 2.01. The Kier molecular flexibility index (Phi) is 5.89. The minimum atomic E-state index is 0. The van der Waals surface area contributed by atoms with Crippen molar-refractivity contribution in [2.24, 2.45) is 0 Å². The van der Waals surface area contributed by atoms with Crippen LogP contribution < -0.4 is 5.32 Å². The molecule has 3 aromatic rings. The highest BCUT2D eigenvalue weighted by molar-refractivity contribution is 8.93. The van der Waals surface area contributed by atoms with E-state index in [0.29, 0.717) is 5.92 Å². The van der Waals surface area contributed by atoms with E-state index in [4.69, 9.17) is 0 Å². The summed E-state index contributed by atoms with van der Waals surface area (Å²) in [7, 11) is 0. The Balaban J connectivity index is 0.00000182.